The van der Waals surface area contributed by atoms with Gasteiger partial charge < -0.3 is 14.5 Å². The van der Waals surface area contributed by atoms with Crippen molar-refractivity contribution in [2.24, 2.45) is 0 Å². The molecule has 4 rings (SSSR count). The summed E-state index contributed by atoms with van der Waals surface area (Å²) in [5, 5.41) is 2.82. The molecule has 1 unspecified atom stereocenters. The monoisotopic (exact) mass is 396 g/mol. The maximum absolute atomic E-state index is 12.8. The lowest BCUT2D eigenvalue weighted by Crippen LogP contribution is -2.47. The van der Waals surface area contributed by atoms with E-state index in [2.05, 4.69) is 5.32 Å². The van der Waals surface area contributed by atoms with Crippen LogP contribution in [0, 0.1) is 0 Å². The first-order chi connectivity index (χ1) is 13.5. The molecule has 1 aromatic heterocycles. The average molecular weight is 396 g/mol. The van der Waals surface area contributed by atoms with Crippen molar-refractivity contribution >= 4 is 40.3 Å². The Morgan fingerprint density at radius 1 is 1.21 bits per heavy atom. The van der Waals surface area contributed by atoms with Crippen LogP contribution in [-0.4, -0.2) is 36.2 Å². The minimum Gasteiger partial charge on any atom is -0.497 e. The summed E-state index contributed by atoms with van der Waals surface area (Å²) in [7, 11) is 3.16. The largest absolute Gasteiger partial charge is 0.497 e. The minimum absolute atomic E-state index is 0.0317. The zero-order valence-electron chi connectivity index (χ0n) is 15.1. The number of hydrogen-bond acceptors (Lipinski definition) is 7. The molecule has 2 aromatic carbocycles. The quantitative estimate of drug-likeness (QED) is 0.538. The highest BCUT2D eigenvalue weighted by molar-refractivity contribution is 7.97. The topological polar surface area (TPSA) is 88.8 Å². The van der Waals surface area contributed by atoms with Crippen molar-refractivity contribution in [1.29, 1.82) is 0 Å². The van der Waals surface area contributed by atoms with Gasteiger partial charge in [-0.15, -0.1) is 0 Å². The van der Waals surface area contributed by atoms with Gasteiger partial charge in [0.1, 0.15) is 23.3 Å². The summed E-state index contributed by atoms with van der Waals surface area (Å²) in [6.45, 7) is 0. The minimum atomic E-state index is -1.06. The molecule has 0 saturated carbocycles. The number of hydrogen-bond donors (Lipinski definition) is 1. The average Bonchev–Trinajstić information content (AvgIpc) is 2.70. The Morgan fingerprint density at radius 2 is 2.00 bits per heavy atom. The molecule has 1 N–H and O–H groups in total. The van der Waals surface area contributed by atoms with E-state index in [1.54, 1.807) is 41.7 Å². The van der Waals surface area contributed by atoms with E-state index in [1.807, 2.05) is 12.1 Å². The van der Waals surface area contributed by atoms with Gasteiger partial charge in [-0.25, -0.2) is 4.31 Å². The number of benzene rings is 2. The number of ether oxygens (including phenoxy) is 1. The van der Waals surface area contributed by atoms with Crippen LogP contribution in [0.1, 0.15) is 10.4 Å². The van der Waals surface area contributed by atoms with E-state index in [0.29, 0.717) is 16.9 Å². The Kier molecular flexibility index (Phi) is 4.66. The molecule has 3 aromatic rings. The normalized spacial score (nSPS) is 16.6. The van der Waals surface area contributed by atoms with Gasteiger partial charge in [0.25, 0.3) is 5.91 Å². The van der Waals surface area contributed by atoms with E-state index in [9.17, 15) is 14.4 Å². The standard InChI is InChI=1S/C20H16N2O5S/c1-22-17(19(24)12-5-3-4-6-16(12)28-22)20(25)21-14-10-27-15-8-7-11(26-2)9-13(15)18(14)23/h3-10,17H,1-2H3,(H,21,25). The predicted octanol–water partition coefficient (Wildman–Crippen LogP) is 2.94. The second kappa shape index (κ2) is 7.14. The third-order valence-electron chi connectivity index (χ3n) is 4.49. The summed E-state index contributed by atoms with van der Waals surface area (Å²) in [4.78, 5) is 39.2. The van der Waals surface area contributed by atoms with Gasteiger partial charge in [-0.05, 0) is 43.3 Å². The molecule has 2 heterocycles. The zero-order valence-corrected chi connectivity index (χ0v) is 15.9. The molecule has 8 heteroatoms. The lowest BCUT2D eigenvalue weighted by atomic mass is 10.0. The molecule has 0 spiro atoms. The van der Waals surface area contributed by atoms with Crippen molar-refractivity contribution in [1.82, 2.24) is 4.31 Å². The van der Waals surface area contributed by atoms with Crippen LogP contribution in [0.15, 0.2) is 62.8 Å². The van der Waals surface area contributed by atoms with Crippen LogP contribution in [0.5, 0.6) is 5.75 Å². The molecule has 28 heavy (non-hydrogen) atoms. The van der Waals surface area contributed by atoms with Gasteiger partial charge in [0.05, 0.1) is 12.5 Å². The molecule has 7 nitrogen and oxygen atoms in total. The van der Waals surface area contributed by atoms with Crippen molar-refractivity contribution in [3.8, 4) is 5.75 Å². The molecule has 1 atom stereocenters. The Hall–Kier alpha value is -3.10. The molecule has 0 aliphatic carbocycles. The molecule has 0 bridgehead atoms. The van der Waals surface area contributed by atoms with E-state index >= 15 is 0 Å². The number of carbonyl (C=O) groups is 2. The molecular weight excluding hydrogens is 380 g/mol. The van der Waals surface area contributed by atoms with E-state index in [4.69, 9.17) is 9.15 Å². The lowest BCUT2D eigenvalue weighted by molar-refractivity contribution is -0.118. The van der Waals surface area contributed by atoms with Gasteiger partial charge in [0, 0.05) is 10.5 Å². The Morgan fingerprint density at radius 3 is 2.79 bits per heavy atom. The number of anilines is 1. The second-order valence-corrected chi connectivity index (χ2v) is 7.43. The number of carbonyl (C=O) groups excluding carboxylic acids is 2. The SMILES string of the molecule is COc1ccc2occ(NC(=O)C3C(=O)c4ccccc4SN3C)c(=O)c2c1. The fourth-order valence-corrected chi connectivity index (χ4v) is 4.09. The molecular formula is C20H16N2O5S. The molecule has 0 fully saturated rings. The Labute approximate surface area is 164 Å². The molecule has 1 amide bonds. The Balaban J connectivity index is 1.66. The van der Waals surface area contributed by atoms with Crippen LogP contribution in [0.2, 0.25) is 0 Å². The van der Waals surface area contributed by atoms with E-state index in [1.165, 1.54) is 25.3 Å². The predicted molar refractivity (Wildman–Crippen MR) is 106 cm³/mol. The highest BCUT2D eigenvalue weighted by Crippen LogP contribution is 2.34. The smallest absolute Gasteiger partial charge is 0.250 e. The van der Waals surface area contributed by atoms with Crippen LogP contribution >= 0.6 is 11.9 Å². The maximum atomic E-state index is 12.8. The summed E-state index contributed by atoms with van der Waals surface area (Å²) in [5.41, 5.74) is 0.420. The summed E-state index contributed by atoms with van der Waals surface area (Å²) >= 11 is 1.31. The molecule has 0 saturated heterocycles. The number of amides is 1. The number of Topliss-reactive ketones (excluding diaryl/α,β-unsaturated/α-hetero) is 1. The van der Waals surface area contributed by atoms with Gasteiger partial charge in [-0.3, -0.25) is 14.4 Å². The number of rotatable bonds is 3. The first-order valence-corrected chi connectivity index (χ1v) is 9.21. The fourth-order valence-electron chi connectivity index (χ4n) is 3.08. The maximum Gasteiger partial charge on any atom is 0.250 e. The van der Waals surface area contributed by atoms with E-state index < -0.39 is 17.4 Å². The van der Waals surface area contributed by atoms with Crippen LogP contribution in [0.4, 0.5) is 5.69 Å². The molecule has 1 aliphatic heterocycles. The summed E-state index contributed by atoms with van der Waals surface area (Å²) in [5.74, 6) is -0.413. The highest BCUT2D eigenvalue weighted by atomic mass is 32.2. The number of methoxy groups -OCH3 is 1. The Bertz CT molecular complexity index is 1160. The first kappa shape index (κ1) is 18.3. The van der Waals surface area contributed by atoms with Crippen LogP contribution in [-0.2, 0) is 4.79 Å². The number of nitrogens with one attached hydrogen (secondary N) is 1. The number of fused-ring (bicyclic) bond motifs is 2. The third kappa shape index (κ3) is 3.06. The molecule has 142 valence electrons. The van der Waals surface area contributed by atoms with Crippen LogP contribution in [0.3, 0.4) is 0 Å². The molecule has 0 radical (unpaired) electrons. The van der Waals surface area contributed by atoms with Gasteiger partial charge in [0.2, 0.25) is 5.43 Å². The van der Waals surface area contributed by atoms with E-state index in [0.717, 1.165) is 4.90 Å². The first-order valence-electron chi connectivity index (χ1n) is 8.44. The molecule has 1 aliphatic rings. The highest BCUT2D eigenvalue weighted by Gasteiger charge is 2.37. The van der Waals surface area contributed by atoms with Gasteiger partial charge in [0.15, 0.2) is 11.8 Å². The number of nitrogens with zero attached hydrogens (tertiary/aromatic N) is 1. The van der Waals surface area contributed by atoms with Crippen LogP contribution < -0.4 is 15.5 Å². The summed E-state index contributed by atoms with van der Waals surface area (Å²) in [6.07, 6.45) is 1.18. The van der Waals surface area contributed by atoms with Gasteiger partial charge in [-0.1, -0.05) is 18.2 Å². The van der Waals surface area contributed by atoms with Crippen molar-refractivity contribution in [3.63, 3.8) is 0 Å². The lowest BCUT2D eigenvalue weighted by Gasteiger charge is -2.30. The van der Waals surface area contributed by atoms with Crippen molar-refractivity contribution in [2.75, 3.05) is 19.5 Å². The van der Waals surface area contributed by atoms with Crippen molar-refractivity contribution in [3.05, 3.63) is 64.5 Å². The van der Waals surface area contributed by atoms with Crippen LogP contribution in [0.25, 0.3) is 11.0 Å². The summed E-state index contributed by atoms with van der Waals surface area (Å²) < 4.78 is 12.2. The summed E-state index contributed by atoms with van der Waals surface area (Å²) in [6, 6.07) is 10.9. The second-order valence-electron chi connectivity index (χ2n) is 6.23. The number of ketones is 1. The van der Waals surface area contributed by atoms with Gasteiger partial charge in [-0.2, -0.15) is 0 Å². The van der Waals surface area contributed by atoms with Crippen molar-refractivity contribution < 1.29 is 18.7 Å². The van der Waals surface area contributed by atoms with E-state index in [-0.39, 0.29) is 16.9 Å². The fraction of sp³-hybridized carbons (Fsp3) is 0.150. The van der Waals surface area contributed by atoms with Gasteiger partial charge >= 0.3 is 0 Å². The number of likely N-dealkylation sites (N-methyl/N-ethyl adjacent to an activating group) is 1. The zero-order chi connectivity index (χ0) is 19.8. The third-order valence-corrected chi connectivity index (χ3v) is 5.54. The van der Waals surface area contributed by atoms with Crippen molar-refractivity contribution in [2.45, 2.75) is 10.9 Å².